The van der Waals surface area contributed by atoms with Crippen LogP contribution in [0.15, 0.2) is 24.3 Å². The summed E-state index contributed by atoms with van der Waals surface area (Å²) < 4.78 is 0. The normalized spacial score (nSPS) is 26.2. The van der Waals surface area contributed by atoms with Crippen molar-refractivity contribution < 1.29 is 19.8 Å². The molecule has 0 heterocycles. The largest absolute Gasteiger partial charge is 0.478 e. The Hall–Kier alpha value is -1.88. The molecular weight excluding hydrogens is 270 g/mol. The molecule has 2 N–H and O–H groups in total. The van der Waals surface area contributed by atoms with Gasteiger partial charge in [-0.05, 0) is 48.9 Å². The predicted octanol–water partition coefficient (Wildman–Crippen LogP) is 1.76. The van der Waals surface area contributed by atoms with Gasteiger partial charge in [0.1, 0.15) is 0 Å². The zero-order chi connectivity index (χ0) is 15.0. The van der Waals surface area contributed by atoms with Crippen molar-refractivity contribution >= 4 is 17.6 Å². The van der Waals surface area contributed by atoms with Gasteiger partial charge in [0, 0.05) is 18.2 Å². The summed E-state index contributed by atoms with van der Waals surface area (Å²) in [7, 11) is 0. The summed E-state index contributed by atoms with van der Waals surface area (Å²) in [5.74, 6) is 0.235. The third-order valence-corrected chi connectivity index (χ3v) is 4.71. The number of nitrogens with zero attached hydrogens (tertiary/aromatic N) is 1. The quantitative estimate of drug-likeness (QED) is 0.865. The van der Waals surface area contributed by atoms with Crippen molar-refractivity contribution in [3.8, 4) is 0 Å². The fourth-order valence-corrected chi connectivity index (χ4v) is 3.62. The van der Waals surface area contributed by atoms with E-state index in [0.29, 0.717) is 17.5 Å². The molecule has 3 rings (SSSR count). The molecule has 2 aliphatic carbocycles. The maximum atomic E-state index is 12.6. The molecule has 0 radical (unpaired) electrons. The molecule has 5 heteroatoms. The van der Waals surface area contributed by atoms with E-state index in [1.807, 2.05) is 0 Å². The molecule has 5 nitrogen and oxygen atoms in total. The zero-order valence-corrected chi connectivity index (χ0v) is 11.7. The van der Waals surface area contributed by atoms with Crippen molar-refractivity contribution in [2.75, 3.05) is 18.1 Å². The van der Waals surface area contributed by atoms with Gasteiger partial charge in [0.15, 0.2) is 0 Å². The van der Waals surface area contributed by atoms with Crippen LogP contribution in [0.1, 0.15) is 29.6 Å². The number of carbonyl (C=O) groups is 2. The maximum absolute atomic E-state index is 12.6. The van der Waals surface area contributed by atoms with E-state index in [0.717, 1.165) is 12.8 Å². The molecule has 2 atom stereocenters. The SMILES string of the molecule is O=C(O)c1ccc(N(CCO)C(=O)C2C3CCCC32)cc1. The summed E-state index contributed by atoms with van der Waals surface area (Å²) in [6.07, 6.45) is 3.48. The number of fused-ring (bicyclic) bond motifs is 1. The van der Waals surface area contributed by atoms with Crippen LogP contribution in [0.2, 0.25) is 0 Å². The summed E-state index contributed by atoms with van der Waals surface area (Å²) in [5.41, 5.74) is 0.850. The van der Waals surface area contributed by atoms with Gasteiger partial charge in [0.25, 0.3) is 0 Å². The minimum Gasteiger partial charge on any atom is -0.478 e. The van der Waals surface area contributed by atoms with E-state index in [1.165, 1.54) is 18.6 Å². The topological polar surface area (TPSA) is 77.8 Å². The molecular formula is C16H19NO4. The highest BCUT2D eigenvalue weighted by Crippen LogP contribution is 2.58. The number of anilines is 1. The van der Waals surface area contributed by atoms with Crippen LogP contribution < -0.4 is 4.90 Å². The molecule has 0 saturated heterocycles. The first kappa shape index (κ1) is 14.1. The van der Waals surface area contributed by atoms with Gasteiger partial charge < -0.3 is 15.1 Å². The van der Waals surface area contributed by atoms with Crippen LogP contribution in [0.4, 0.5) is 5.69 Å². The van der Waals surface area contributed by atoms with Crippen molar-refractivity contribution in [2.45, 2.75) is 19.3 Å². The molecule has 2 unspecified atom stereocenters. The Morgan fingerprint density at radius 1 is 1.14 bits per heavy atom. The van der Waals surface area contributed by atoms with E-state index in [-0.39, 0.29) is 30.5 Å². The van der Waals surface area contributed by atoms with Crippen LogP contribution >= 0.6 is 0 Å². The predicted molar refractivity (Wildman–Crippen MR) is 77.2 cm³/mol. The fraction of sp³-hybridized carbons (Fsp3) is 0.500. The molecule has 21 heavy (non-hydrogen) atoms. The lowest BCUT2D eigenvalue weighted by atomic mass is 10.1. The highest BCUT2D eigenvalue weighted by Gasteiger charge is 2.57. The lowest BCUT2D eigenvalue weighted by molar-refractivity contribution is -0.120. The number of hydrogen-bond acceptors (Lipinski definition) is 3. The van der Waals surface area contributed by atoms with Gasteiger partial charge in [-0.3, -0.25) is 4.79 Å². The number of hydrogen-bond donors (Lipinski definition) is 2. The van der Waals surface area contributed by atoms with E-state index in [2.05, 4.69) is 0 Å². The van der Waals surface area contributed by atoms with Crippen LogP contribution in [-0.2, 0) is 4.79 Å². The summed E-state index contributed by atoms with van der Waals surface area (Å²) in [5, 5.41) is 18.1. The average molecular weight is 289 g/mol. The fourth-order valence-electron chi connectivity index (χ4n) is 3.62. The first-order valence-corrected chi connectivity index (χ1v) is 7.39. The number of aromatic carboxylic acids is 1. The van der Waals surface area contributed by atoms with Crippen LogP contribution in [0, 0.1) is 17.8 Å². The van der Waals surface area contributed by atoms with E-state index in [9.17, 15) is 14.7 Å². The van der Waals surface area contributed by atoms with Crippen molar-refractivity contribution in [1.29, 1.82) is 0 Å². The van der Waals surface area contributed by atoms with E-state index >= 15 is 0 Å². The standard InChI is InChI=1S/C16H19NO4/c18-9-8-17(11-6-4-10(5-7-11)16(20)21)15(19)14-12-2-1-3-13(12)14/h4-7,12-14,18H,1-3,8-9H2,(H,20,21). The van der Waals surface area contributed by atoms with Crippen LogP contribution in [0.25, 0.3) is 0 Å². The number of carboxylic acids is 1. The van der Waals surface area contributed by atoms with Crippen LogP contribution in [-0.4, -0.2) is 35.2 Å². The Bertz CT molecular complexity index is 544. The van der Waals surface area contributed by atoms with Gasteiger partial charge in [-0.15, -0.1) is 0 Å². The van der Waals surface area contributed by atoms with Crippen molar-refractivity contribution in [3.05, 3.63) is 29.8 Å². The Morgan fingerprint density at radius 2 is 1.76 bits per heavy atom. The molecule has 1 aromatic rings. The Morgan fingerprint density at radius 3 is 2.29 bits per heavy atom. The smallest absolute Gasteiger partial charge is 0.335 e. The van der Waals surface area contributed by atoms with E-state index in [1.54, 1.807) is 17.0 Å². The number of rotatable bonds is 5. The Kier molecular flexibility index (Phi) is 3.68. The molecule has 2 saturated carbocycles. The molecule has 2 fully saturated rings. The van der Waals surface area contributed by atoms with Crippen LogP contribution in [0.5, 0.6) is 0 Å². The van der Waals surface area contributed by atoms with Crippen molar-refractivity contribution in [3.63, 3.8) is 0 Å². The van der Waals surface area contributed by atoms with Crippen molar-refractivity contribution in [1.82, 2.24) is 0 Å². The monoisotopic (exact) mass is 289 g/mol. The Balaban J connectivity index is 1.77. The second kappa shape index (κ2) is 5.48. The van der Waals surface area contributed by atoms with Crippen molar-refractivity contribution in [2.24, 2.45) is 17.8 Å². The zero-order valence-electron chi connectivity index (χ0n) is 11.7. The van der Waals surface area contributed by atoms with Gasteiger partial charge >= 0.3 is 5.97 Å². The number of carboxylic acid groups (broad SMARTS) is 1. The van der Waals surface area contributed by atoms with Gasteiger partial charge in [-0.2, -0.15) is 0 Å². The molecule has 0 aromatic heterocycles. The summed E-state index contributed by atoms with van der Waals surface area (Å²) in [4.78, 5) is 25.1. The van der Waals surface area contributed by atoms with Crippen LogP contribution in [0.3, 0.4) is 0 Å². The lowest BCUT2D eigenvalue weighted by Crippen LogP contribution is -2.35. The first-order chi connectivity index (χ1) is 10.1. The van der Waals surface area contributed by atoms with E-state index < -0.39 is 5.97 Å². The minimum absolute atomic E-state index is 0.0711. The third kappa shape index (κ3) is 2.53. The molecule has 2 aliphatic rings. The summed E-state index contributed by atoms with van der Waals surface area (Å²) in [6, 6.07) is 6.25. The number of aliphatic hydroxyl groups is 1. The molecule has 1 amide bonds. The molecule has 0 spiro atoms. The molecule has 0 bridgehead atoms. The third-order valence-electron chi connectivity index (χ3n) is 4.71. The highest BCUT2D eigenvalue weighted by molar-refractivity contribution is 5.98. The number of carbonyl (C=O) groups excluding carboxylic acids is 1. The maximum Gasteiger partial charge on any atom is 0.335 e. The van der Waals surface area contributed by atoms with Gasteiger partial charge in [0.2, 0.25) is 5.91 Å². The molecule has 112 valence electrons. The van der Waals surface area contributed by atoms with Gasteiger partial charge in [-0.1, -0.05) is 6.42 Å². The Labute approximate surface area is 123 Å². The number of amides is 1. The average Bonchev–Trinajstić information content (AvgIpc) is 2.96. The highest BCUT2D eigenvalue weighted by atomic mass is 16.4. The molecule has 0 aliphatic heterocycles. The summed E-state index contributed by atoms with van der Waals surface area (Å²) in [6.45, 7) is 0.148. The number of benzene rings is 1. The minimum atomic E-state index is -0.988. The lowest BCUT2D eigenvalue weighted by Gasteiger charge is -2.23. The number of aliphatic hydroxyl groups excluding tert-OH is 1. The first-order valence-electron chi connectivity index (χ1n) is 7.39. The van der Waals surface area contributed by atoms with Gasteiger partial charge in [-0.25, -0.2) is 4.79 Å². The molecule has 1 aromatic carbocycles. The second-order valence-electron chi connectivity index (χ2n) is 5.85. The summed E-state index contributed by atoms with van der Waals surface area (Å²) >= 11 is 0. The van der Waals surface area contributed by atoms with Gasteiger partial charge in [0.05, 0.1) is 12.2 Å². The van der Waals surface area contributed by atoms with E-state index in [4.69, 9.17) is 5.11 Å². The second-order valence-corrected chi connectivity index (χ2v) is 5.85.